The molecule has 2 aliphatic rings. The highest BCUT2D eigenvalue weighted by Crippen LogP contribution is 2.20. The van der Waals surface area contributed by atoms with E-state index in [0.29, 0.717) is 6.54 Å². The second-order valence-electron chi connectivity index (χ2n) is 6.88. The minimum atomic E-state index is -0.0553. The average molecular weight is 347 g/mol. The van der Waals surface area contributed by atoms with Crippen LogP contribution in [0.2, 0.25) is 0 Å². The lowest BCUT2D eigenvalue weighted by Crippen LogP contribution is -2.42. The van der Waals surface area contributed by atoms with Crippen molar-refractivity contribution in [3.8, 4) is 0 Å². The molecule has 2 fully saturated rings. The molecule has 1 aromatic rings. The zero-order chi connectivity index (χ0) is 17.6. The molecule has 2 amide bonds. The monoisotopic (exact) mass is 347 g/mol. The number of rotatable bonds is 5. The number of nitrogens with one attached hydrogen (secondary N) is 1. The molecule has 2 aliphatic heterocycles. The summed E-state index contributed by atoms with van der Waals surface area (Å²) in [5.41, 5.74) is 2.32. The first-order valence-electron chi connectivity index (χ1n) is 9.19. The van der Waals surface area contributed by atoms with Crippen molar-refractivity contribution >= 4 is 11.7 Å². The van der Waals surface area contributed by atoms with Gasteiger partial charge in [-0.15, -0.1) is 0 Å². The number of hydrogen-bond acceptors (Lipinski definition) is 4. The van der Waals surface area contributed by atoms with Crippen LogP contribution in [0.25, 0.3) is 0 Å². The highest BCUT2D eigenvalue weighted by Gasteiger charge is 2.21. The van der Waals surface area contributed by atoms with Gasteiger partial charge in [-0.2, -0.15) is 0 Å². The van der Waals surface area contributed by atoms with Crippen molar-refractivity contribution in [3.63, 3.8) is 0 Å². The third-order valence-electron chi connectivity index (χ3n) is 4.96. The predicted molar refractivity (Wildman–Crippen MR) is 98.0 cm³/mol. The van der Waals surface area contributed by atoms with Gasteiger partial charge in [-0.25, -0.2) is 4.79 Å². The summed E-state index contributed by atoms with van der Waals surface area (Å²) < 4.78 is 11.0. The number of urea groups is 1. The number of hydrogen-bond donors (Lipinski definition) is 1. The van der Waals surface area contributed by atoms with E-state index in [2.05, 4.69) is 34.5 Å². The van der Waals surface area contributed by atoms with Gasteiger partial charge >= 0.3 is 6.03 Å². The molecule has 0 aromatic heterocycles. The Morgan fingerprint density at radius 1 is 1.28 bits per heavy atom. The molecule has 2 atom stereocenters. The van der Waals surface area contributed by atoms with Crippen molar-refractivity contribution < 1.29 is 14.3 Å². The van der Waals surface area contributed by atoms with E-state index in [1.807, 2.05) is 14.0 Å². The van der Waals surface area contributed by atoms with E-state index >= 15 is 0 Å². The van der Waals surface area contributed by atoms with Crippen molar-refractivity contribution in [2.45, 2.75) is 31.9 Å². The van der Waals surface area contributed by atoms with Crippen molar-refractivity contribution in [2.75, 3.05) is 51.4 Å². The lowest BCUT2D eigenvalue weighted by atomic mass is 10.1. The molecule has 0 spiro atoms. The number of nitrogens with zero attached hydrogens (tertiary/aromatic N) is 2. The van der Waals surface area contributed by atoms with E-state index in [-0.39, 0.29) is 18.2 Å². The van der Waals surface area contributed by atoms with Crippen LogP contribution in [-0.2, 0) is 9.47 Å². The molecular weight excluding hydrogens is 318 g/mol. The molecule has 2 saturated heterocycles. The largest absolute Gasteiger partial charge is 0.378 e. The smallest absolute Gasteiger partial charge is 0.317 e. The van der Waals surface area contributed by atoms with Crippen molar-refractivity contribution in [1.29, 1.82) is 0 Å². The Labute approximate surface area is 150 Å². The molecule has 6 heteroatoms. The van der Waals surface area contributed by atoms with Crippen molar-refractivity contribution in [1.82, 2.24) is 10.2 Å². The van der Waals surface area contributed by atoms with Crippen LogP contribution in [0.15, 0.2) is 24.3 Å². The summed E-state index contributed by atoms with van der Waals surface area (Å²) in [6, 6.07) is 8.35. The maximum Gasteiger partial charge on any atom is 0.317 e. The summed E-state index contributed by atoms with van der Waals surface area (Å²) in [6.45, 7) is 6.90. The number of carbonyl (C=O) groups excluding carboxylic acids is 1. The van der Waals surface area contributed by atoms with Crippen LogP contribution in [0.4, 0.5) is 10.5 Å². The molecule has 138 valence electrons. The highest BCUT2D eigenvalue weighted by molar-refractivity contribution is 5.74. The van der Waals surface area contributed by atoms with Gasteiger partial charge in [0.1, 0.15) is 0 Å². The van der Waals surface area contributed by atoms with E-state index in [1.165, 1.54) is 5.69 Å². The van der Waals surface area contributed by atoms with E-state index < -0.39 is 0 Å². The van der Waals surface area contributed by atoms with Gasteiger partial charge in [-0.05, 0) is 37.5 Å². The third kappa shape index (κ3) is 4.86. The van der Waals surface area contributed by atoms with Crippen LogP contribution < -0.4 is 10.2 Å². The summed E-state index contributed by atoms with van der Waals surface area (Å²) in [7, 11) is 1.82. The first-order chi connectivity index (χ1) is 12.1. The van der Waals surface area contributed by atoms with Gasteiger partial charge < -0.3 is 24.6 Å². The summed E-state index contributed by atoms with van der Waals surface area (Å²) in [4.78, 5) is 16.4. The van der Waals surface area contributed by atoms with Gasteiger partial charge in [0.25, 0.3) is 0 Å². The minimum Gasteiger partial charge on any atom is -0.378 e. The molecular formula is C19H29N3O3. The maximum atomic E-state index is 12.4. The SMILES string of the molecule is C[C@@H](NC(=O)N(C)C[C@H]1CCCO1)c1ccc(N2CCOCC2)cc1. The summed E-state index contributed by atoms with van der Waals surface area (Å²) in [5, 5.41) is 3.07. The second-order valence-corrected chi connectivity index (χ2v) is 6.88. The van der Waals surface area contributed by atoms with Crippen molar-refractivity contribution in [3.05, 3.63) is 29.8 Å². The van der Waals surface area contributed by atoms with Gasteiger partial charge in [0.05, 0.1) is 25.4 Å². The number of ether oxygens (including phenoxy) is 2. The fourth-order valence-electron chi connectivity index (χ4n) is 3.35. The Hall–Kier alpha value is -1.79. The lowest BCUT2D eigenvalue weighted by molar-refractivity contribution is 0.0871. The molecule has 3 rings (SSSR count). The lowest BCUT2D eigenvalue weighted by Gasteiger charge is -2.29. The number of carbonyl (C=O) groups is 1. The van der Waals surface area contributed by atoms with Crippen LogP contribution in [0.3, 0.4) is 0 Å². The molecule has 1 N–H and O–H groups in total. The predicted octanol–water partition coefficient (Wildman–Crippen LogP) is 2.40. The Bertz CT molecular complexity index is 552. The minimum absolute atomic E-state index is 0.0295. The number of benzene rings is 1. The highest BCUT2D eigenvalue weighted by atomic mass is 16.5. The molecule has 0 saturated carbocycles. The van der Waals surface area contributed by atoms with E-state index in [4.69, 9.17) is 9.47 Å². The first kappa shape index (κ1) is 18.0. The normalized spacial score (nSPS) is 21.8. The van der Waals surface area contributed by atoms with Gasteiger partial charge in [-0.1, -0.05) is 12.1 Å². The van der Waals surface area contributed by atoms with E-state index in [0.717, 1.165) is 51.3 Å². The molecule has 25 heavy (non-hydrogen) atoms. The molecule has 0 radical (unpaired) electrons. The van der Waals surface area contributed by atoms with Crippen molar-refractivity contribution in [2.24, 2.45) is 0 Å². The number of amides is 2. The standard InChI is InChI=1S/C19H29N3O3/c1-15(20-19(23)21(2)14-18-4-3-11-25-18)16-5-7-17(8-6-16)22-9-12-24-13-10-22/h5-8,15,18H,3-4,9-14H2,1-2H3,(H,20,23)/t15-,18-/m1/s1. The zero-order valence-corrected chi connectivity index (χ0v) is 15.2. The second kappa shape index (κ2) is 8.54. The summed E-state index contributed by atoms with van der Waals surface area (Å²) in [5.74, 6) is 0. The van der Waals surface area contributed by atoms with Crippen LogP contribution in [-0.4, -0.2) is 63.5 Å². The van der Waals surface area contributed by atoms with Gasteiger partial charge in [0.15, 0.2) is 0 Å². The molecule has 0 bridgehead atoms. The topological polar surface area (TPSA) is 54.0 Å². The van der Waals surface area contributed by atoms with Gasteiger partial charge in [0, 0.05) is 39.0 Å². The van der Waals surface area contributed by atoms with Gasteiger partial charge in [-0.3, -0.25) is 0 Å². The number of morpholine rings is 1. The van der Waals surface area contributed by atoms with E-state index in [1.54, 1.807) is 4.90 Å². The number of anilines is 1. The van der Waals surface area contributed by atoms with E-state index in [9.17, 15) is 4.79 Å². The van der Waals surface area contributed by atoms with Crippen LogP contribution >= 0.6 is 0 Å². The Kier molecular flexibility index (Phi) is 6.15. The Morgan fingerprint density at radius 3 is 2.64 bits per heavy atom. The Balaban J connectivity index is 1.51. The fourth-order valence-corrected chi connectivity index (χ4v) is 3.35. The molecule has 0 aliphatic carbocycles. The molecule has 1 aromatic carbocycles. The average Bonchev–Trinajstić information content (AvgIpc) is 3.15. The quantitative estimate of drug-likeness (QED) is 0.889. The molecule has 6 nitrogen and oxygen atoms in total. The van der Waals surface area contributed by atoms with Gasteiger partial charge in [0.2, 0.25) is 0 Å². The maximum absolute atomic E-state index is 12.4. The zero-order valence-electron chi connectivity index (χ0n) is 15.2. The molecule has 0 unspecified atom stereocenters. The van der Waals surface area contributed by atoms with Crippen LogP contribution in [0, 0.1) is 0 Å². The first-order valence-corrected chi connectivity index (χ1v) is 9.19. The van der Waals surface area contributed by atoms with Crippen LogP contribution in [0.5, 0.6) is 0 Å². The number of likely N-dealkylation sites (N-methyl/N-ethyl adjacent to an activating group) is 1. The third-order valence-corrected chi connectivity index (χ3v) is 4.96. The summed E-state index contributed by atoms with van der Waals surface area (Å²) in [6.07, 6.45) is 2.31. The summed E-state index contributed by atoms with van der Waals surface area (Å²) >= 11 is 0. The molecule has 2 heterocycles. The Morgan fingerprint density at radius 2 is 2.00 bits per heavy atom. The fraction of sp³-hybridized carbons (Fsp3) is 0.632. The van der Waals surface area contributed by atoms with Crippen LogP contribution in [0.1, 0.15) is 31.4 Å².